The molecule has 2 aliphatic heterocycles. The molecular formula is C10H17N3O2. The monoisotopic (exact) mass is 211 g/mol. The molecule has 2 fully saturated rings. The summed E-state index contributed by atoms with van der Waals surface area (Å²) in [6.07, 6.45) is 3.03. The highest BCUT2D eigenvalue weighted by Crippen LogP contribution is 2.27. The number of rotatable bonds is 1. The second-order valence-electron chi connectivity index (χ2n) is 4.24. The van der Waals surface area contributed by atoms with Gasteiger partial charge in [0, 0.05) is 19.0 Å². The van der Waals surface area contributed by atoms with Crippen molar-refractivity contribution in [2.45, 2.75) is 37.8 Å². The first-order valence-electron chi connectivity index (χ1n) is 5.51. The highest BCUT2D eigenvalue weighted by molar-refractivity contribution is 5.87. The summed E-state index contributed by atoms with van der Waals surface area (Å²) in [6.45, 7) is 1.62. The largest absolute Gasteiger partial charge is 0.368 e. The van der Waals surface area contributed by atoms with Crippen LogP contribution in [0.4, 0.5) is 0 Å². The molecule has 2 atom stereocenters. The van der Waals surface area contributed by atoms with Gasteiger partial charge in [0.1, 0.15) is 6.04 Å². The maximum absolute atomic E-state index is 11.8. The highest BCUT2D eigenvalue weighted by Gasteiger charge is 2.39. The number of carbonyl (C=O) groups is 2. The lowest BCUT2D eigenvalue weighted by molar-refractivity contribution is -0.139. The third kappa shape index (κ3) is 1.97. The van der Waals surface area contributed by atoms with Crippen LogP contribution in [-0.2, 0) is 9.59 Å². The topological polar surface area (TPSA) is 75.4 Å². The Morgan fingerprint density at radius 1 is 1.33 bits per heavy atom. The van der Waals surface area contributed by atoms with Crippen molar-refractivity contribution >= 4 is 11.8 Å². The normalized spacial score (nSPS) is 32.0. The van der Waals surface area contributed by atoms with E-state index in [4.69, 9.17) is 5.73 Å². The summed E-state index contributed by atoms with van der Waals surface area (Å²) in [5, 5.41) is 3.21. The van der Waals surface area contributed by atoms with E-state index in [2.05, 4.69) is 5.32 Å². The van der Waals surface area contributed by atoms with Crippen LogP contribution in [0.1, 0.15) is 25.7 Å². The van der Waals surface area contributed by atoms with Gasteiger partial charge in [-0.1, -0.05) is 0 Å². The van der Waals surface area contributed by atoms with Crippen LogP contribution in [0.2, 0.25) is 0 Å². The van der Waals surface area contributed by atoms with Gasteiger partial charge >= 0.3 is 0 Å². The van der Waals surface area contributed by atoms with Gasteiger partial charge in [0.15, 0.2) is 0 Å². The van der Waals surface area contributed by atoms with E-state index in [0.717, 1.165) is 25.8 Å². The molecule has 5 heteroatoms. The van der Waals surface area contributed by atoms with E-state index in [0.29, 0.717) is 13.0 Å². The van der Waals surface area contributed by atoms with E-state index in [1.807, 2.05) is 0 Å². The summed E-state index contributed by atoms with van der Waals surface area (Å²) >= 11 is 0. The summed E-state index contributed by atoms with van der Waals surface area (Å²) in [6, 6.07) is -0.150. The molecule has 84 valence electrons. The fourth-order valence-electron chi connectivity index (χ4n) is 2.54. The van der Waals surface area contributed by atoms with E-state index in [9.17, 15) is 9.59 Å². The smallest absolute Gasteiger partial charge is 0.240 e. The minimum Gasteiger partial charge on any atom is -0.368 e. The molecule has 3 N–H and O–H groups in total. The molecule has 2 unspecified atom stereocenters. The molecule has 2 aliphatic rings. The number of carbonyl (C=O) groups excluding carboxylic acids is 2. The second-order valence-corrected chi connectivity index (χ2v) is 4.24. The maximum atomic E-state index is 11.8. The maximum Gasteiger partial charge on any atom is 0.240 e. The van der Waals surface area contributed by atoms with Crippen molar-refractivity contribution in [1.29, 1.82) is 0 Å². The van der Waals surface area contributed by atoms with E-state index in [-0.39, 0.29) is 23.9 Å². The lowest BCUT2D eigenvalue weighted by Crippen LogP contribution is -2.49. The van der Waals surface area contributed by atoms with Crippen molar-refractivity contribution in [3.8, 4) is 0 Å². The number of hydrogen-bond donors (Lipinski definition) is 2. The van der Waals surface area contributed by atoms with Crippen LogP contribution in [0.5, 0.6) is 0 Å². The van der Waals surface area contributed by atoms with Crippen molar-refractivity contribution in [3.05, 3.63) is 0 Å². The standard InChI is InChI=1S/C10H17N3O2/c11-10(15)8-2-1-7-3-5-12-6-4-9(14)13(7)8/h7-8,12H,1-6H2,(H2,11,15). The average molecular weight is 211 g/mol. The Morgan fingerprint density at radius 2 is 2.13 bits per heavy atom. The van der Waals surface area contributed by atoms with Crippen molar-refractivity contribution in [3.63, 3.8) is 0 Å². The zero-order valence-corrected chi connectivity index (χ0v) is 8.74. The van der Waals surface area contributed by atoms with Gasteiger partial charge in [-0.15, -0.1) is 0 Å². The molecule has 15 heavy (non-hydrogen) atoms. The van der Waals surface area contributed by atoms with E-state index in [1.165, 1.54) is 0 Å². The van der Waals surface area contributed by atoms with Gasteiger partial charge in [-0.3, -0.25) is 9.59 Å². The number of nitrogens with zero attached hydrogens (tertiary/aromatic N) is 1. The number of primary amides is 1. The van der Waals surface area contributed by atoms with E-state index >= 15 is 0 Å². The number of hydrogen-bond acceptors (Lipinski definition) is 3. The van der Waals surface area contributed by atoms with Gasteiger partial charge in [-0.05, 0) is 25.8 Å². The Labute approximate surface area is 89.0 Å². The molecular weight excluding hydrogens is 194 g/mol. The van der Waals surface area contributed by atoms with Gasteiger partial charge in [0.05, 0.1) is 0 Å². The Kier molecular flexibility index (Phi) is 2.90. The summed E-state index contributed by atoms with van der Waals surface area (Å²) in [5.74, 6) is -0.298. The van der Waals surface area contributed by atoms with Crippen molar-refractivity contribution in [1.82, 2.24) is 10.2 Å². The second kappa shape index (κ2) is 4.18. The first-order valence-corrected chi connectivity index (χ1v) is 5.51. The Bertz CT molecular complexity index is 280. The number of nitrogens with one attached hydrogen (secondary N) is 1. The molecule has 2 rings (SSSR count). The van der Waals surface area contributed by atoms with Crippen LogP contribution < -0.4 is 11.1 Å². The van der Waals surface area contributed by atoms with Gasteiger partial charge in [-0.2, -0.15) is 0 Å². The van der Waals surface area contributed by atoms with Crippen LogP contribution in [0.25, 0.3) is 0 Å². The fourth-order valence-corrected chi connectivity index (χ4v) is 2.54. The van der Waals surface area contributed by atoms with E-state index in [1.54, 1.807) is 4.90 Å². The third-order valence-corrected chi connectivity index (χ3v) is 3.29. The molecule has 0 aromatic carbocycles. The van der Waals surface area contributed by atoms with Crippen LogP contribution in [0.15, 0.2) is 0 Å². The molecule has 0 spiro atoms. The minimum absolute atomic E-state index is 0.0634. The highest BCUT2D eigenvalue weighted by atomic mass is 16.2. The SMILES string of the molecule is NC(=O)C1CCC2CCNCCC(=O)N21. The average Bonchev–Trinajstić information content (AvgIpc) is 2.57. The lowest BCUT2D eigenvalue weighted by Gasteiger charge is -2.30. The van der Waals surface area contributed by atoms with Crippen molar-refractivity contribution in [2.75, 3.05) is 13.1 Å². The van der Waals surface area contributed by atoms with Crippen LogP contribution in [0.3, 0.4) is 0 Å². The van der Waals surface area contributed by atoms with E-state index < -0.39 is 0 Å². The molecule has 0 aromatic rings. The molecule has 0 aromatic heterocycles. The molecule has 0 bridgehead atoms. The van der Waals surface area contributed by atoms with Gasteiger partial charge in [0.25, 0.3) is 0 Å². The molecule has 0 radical (unpaired) electrons. The third-order valence-electron chi connectivity index (χ3n) is 3.29. The predicted molar refractivity (Wildman–Crippen MR) is 55.0 cm³/mol. The minimum atomic E-state index is -0.362. The Balaban J connectivity index is 2.15. The van der Waals surface area contributed by atoms with Gasteiger partial charge in [-0.25, -0.2) is 0 Å². The zero-order chi connectivity index (χ0) is 10.8. The molecule has 5 nitrogen and oxygen atoms in total. The molecule has 0 aliphatic carbocycles. The summed E-state index contributed by atoms with van der Waals surface area (Å²) in [4.78, 5) is 24.8. The first-order chi connectivity index (χ1) is 7.20. The lowest BCUT2D eigenvalue weighted by atomic mass is 10.1. The summed E-state index contributed by atoms with van der Waals surface area (Å²) < 4.78 is 0. The van der Waals surface area contributed by atoms with Gasteiger partial charge < -0.3 is 16.0 Å². The molecule has 0 saturated carbocycles. The fraction of sp³-hybridized carbons (Fsp3) is 0.800. The Hall–Kier alpha value is -1.10. The molecule has 2 heterocycles. The molecule has 2 saturated heterocycles. The predicted octanol–water partition coefficient (Wildman–Crippen LogP) is -0.785. The van der Waals surface area contributed by atoms with Crippen molar-refractivity contribution in [2.24, 2.45) is 5.73 Å². The van der Waals surface area contributed by atoms with Crippen LogP contribution in [-0.4, -0.2) is 41.9 Å². The molecule has 2 amide bonds. The number of fused-ring (bicyclic) bond motifs is 1. The quantitative estimate of drug-likeness (QED) is 0.597. The zero-order valence-electron chi connectivity index (χ0n) is 8.74. The number of amides is 2. The number of nitrogens with two attached hydrogens (primary N) is 1. The Morgan fingerprint density at radius 3 is 2.87 bits per heavy atom. The summed E-state index contributed by atoms with van der Waals surface area (Å²) in [7, 11) is 0. The first kappa shape index (κ1) is 10.4. The van der Waals surface area contributed by atoms with Crippen LogP contribution in [0, 0.1) is 0 Å². The van der Waals surface area contributed by atoms with Gasteiger partial charge in [0.2, 0.25) is 11.8 Å². The van der Waals surface area contributed by atoms with Crippen LogP contribution >= 0.6 is 0 Å². The van der Waals surface area contributed by atoms with Crippen molar-refractivity contribution < 1.29 is 9.59 Å². The summed E-state index contributed by atoms with van der Waals surface area (Å²) in [5.41, 5.74) is 5.31.